The molecule has 24 heavy (non-hydrogen) atoms. The van der Waals surface area contributed by atoms with Crippen LogP contribution in [0.15, 0.2) is 54.6 Å². The molecule has 0 spiro atoms. The Morgan fingerprint density at radius 3 is 2.54 bits per heavy atom. The summed E-state index contributed by atoms with van der Waals surface area (Å²) in [6, 6.07) is 15.3. The fourth-order valence-corrected chi connectivity index (χ4v) is 2.19. The number of hydrogen-bond acceptors (Lipinski definition) is 4. The van der Waals surface area contributed by atoms with E-state index in [0.29, 0.717) is 5.56 Å². The van der Waals surface area contributed by atoms with Gasteiger partial charge >= 0.3 is 0 Å². The van der Waals surface area contributed by atoms with Crippen LogP contribution in [0.5, 0.6) is 5.75 Å². The zero-order chi connectivity index (χ0) is 17.4. The smallest absolute Gasteiger partial charge is 0.246 e. The molecular formula is C18H20N2O4. The number of carbonyl (C=O) groups is 2. The summed E-state index contributed by atoms with van der Waals surface area (Å²) in [5.41, 5.74) is 6.88. The van der Waals surface area contributed by atoms with Crippen molar-refractivity contribution in [2.75, 3.05) is 13.7 Å². The largest absolute Gasteiger partial charge is 0.497 e. The van der Waals surface area contributed by atoms with E-state index < -0.39 is 17.9 Å². The van der Waals surface area contributed by atoms with Crippen LogP contribution in [-0.4, -0.2) is 25.5 Å². The lowest BCUT2D eigenvalue weighted by Gasteiger charge is -2.16. The zero-order valence-electron chi connectivity index (χ0n) is 13.4. The average molecular weight is 328 g/mol. The number of nitrogens with one attached hydrogen (secondary N) is 1. The first-order valence-electron chi connectivity index (χ1n) is 7.44. The molecule has 0 bridgehead atoms. The summed E-state index contributed by atoms with van der Waals surface area (Å²) in [5, 5.41) is 2.58. The van der Waals surface area contributed by atoms with Crippen molar-refractivity contribution < 1.29 is 19.1 Å². The highest BCUT2D eigenvalue weighted by atomic mass is 16.5. The third kappa shape index (κ3) is 5.10. The van der Waals surface area contributed by atoms with Crippen LogP contribution in [0.4, 0.5) is 0 Å². The number of carbonyl (C=O) groups excluding carboxylic acids is 2. The Morgan fingerprint density at radius 1 is 1.12 bits per heavy atom. The van der Waals surface area contributed by atoms with Gasteiger partial charge in [0, 0.05) is 0 Å². The van der Waals surface area contributed by atoms with Gasteiger partial charge in [-0.25, -0.2) is 0 Å². The van der Waals surface area contributed by atoms with E-state index in [1.54, 1.807) is 31.4 Å². The maximum absolute atomic E-state index is 12.0. The van der Waals surface area contributed by atoms with Gasteiger partial charge in [0.2, 0.25) is 11.8 Å². The molecule has 0 aromatic heterocycles. The van der Waals surface area contributed by atoms with Crippen molar-refractivity contribution in [2.45, 2.75) is 12.6 Å². The van der Waals surface area contributed by atoms with Crippen LogP contribution in [0.25, 0.3) is 0 Å². The van der Waals surface area contributed by atoms with Crippen LogP contribution >= 0.6 is 0 Å². The fraction of sp³-hybridized carbons (Fsp3) is 0.222. The molecule has 0 aliphatic carbocycles. The molecule has 1 atom stereocenters. The second-order valence-electron chi connectivity index (χ2n) is 5.16. The van der Waals surface area contributed by atoms with Gasteiger partial charge in [-0.05, 0) is 23.3 Å². The molecule has 0 aliphatic rings. The van der Waals surface area contributed by atoms with E-state index in [1.165, 1.54) is 0 Å². The normalized spacial score (nSPS) is 11.5. The molecule has 2 amide bonds. The van der Waals surface area contributed by atoms with Crippen molar-refractivity contribution in [1.82, 2.24) is 5.32 Å². The van der Waals surface area contributed by atoms with Crippen LogP contribution in [0.2, 0.25) is 0 Å². The topological polar surface area (TPSA) is 90.7 Å². The van der Waals surface area contributed by atoms with Crippen LogP contribution in [0, 0.1) is 0 Å². The second-order valence-corrected chi connectivity index (χ2v) is 5.16. The fourth-order valence-electron chi connectivity index (χ4n) is 2.19. The standard InChI is InChI=1S/C18H20N2O4/c1-23-15-9-5-6-13(10-15)11-24-12-16(21)20-17(18(19)22)14-7-3-2-4-8-14/h2-10,17H,11-12H2,1H3,(H2,19,22)(H,20,21)/t17-/m1/s1. The van der Waals surface area contributed by atoms with Gasteiger partial charge in [-0.15, -0.1) is 0 Å². The summed E-state index contributed by atoms with van der Waals surface area (Å²) in [4.78, 5) is 23.5. The maximum Gasteiger partial charge on any atom is 0.246 e. The molecule has 0 unspecified atom stereocenters. The molecule has 6 heteroatoms. The summed E-state index contributed by atoms with van der Waals surface area (Å²) in [6.45, 7) is 0.0883. The van der Waals surface area contributed by atoms with E-state index in [1.807, 2.05) is 30.3 Å². The Morgan fingerprint density at radius 2 is 1.88 bits per heavy atom. The summed E-state index contributed by atoms with van der Waals surface area (Å²) in [7, 11) is 1.58. The monoisotopic (exact) mass is 328 g/mol. The van der Waals surface area contributed by atoms with Gasteiger partial charge in [-0.2, -0.15) is 0 Å². The molecule has 0 fully saturated rings. The quantitative estimate of drug-likeness (QED) is 0.769. The minimum absolute atomic E-state index is 0.173. The molecule has 6 nitrogen and oxygen atoms in total. The number of hydrogen-bond donors (Lipinski definition) is 2. The second kappa shape index (κ2) is 8.69. The summed E-state index contributed by atoms with van der Waals surface area (Å²) in [6.07, 6.45) is 0. The minimum Gasteiger partial charge on any atom is -0.497 e. The molecule has 0 aliphatic heterocycles. The van der Waals surface area contributed by atoms with Gasteiger partial charge in [0.15, 0.2) is 0 Å². The molecule has 2 rings (SSSR count). The van der Waals surface area contributed by atoms with E-state index in [9.17, 15) is 9.59 Å². The van der Waals surface area contributed by atoms with Crippen LogP contribution in [-0.2, 0) is 20.9 Å². The zero-order valence-corrected chi connectivity index (χ0v) is 13.4. The summed E-state index contributed by atoms with van der Waals surface area (Å²) >= 11 is 0. The van der Waals surface area contributed by atoms with Crippen LogP contribution < -0.4 is 15.8 Å². The van der Waals surface area contributed by atoms with Gasteiger partial charge in [0.25, 0.3) is 0 Å². The Balaban J connectivity index is 1.86. The molecular weight excluding hydrogens is 308 g/mol. The first-order chi connectivity index (χ1) is 11.6. The molecule has 0 heterocycles. The lowest BCUT2D eigenvalue weighted by atomic mass is 10.1. The van der Waals surface area contributed by atoms with Gasteiger partial charge in [0.1, 0.15) is 18.4 Å². The van der Waals surface area contributed by atoms with E-state index in [4.69, 9.17) is 15.2 Å². The van der Waals surface area contributed by atoms with E-state index in [0.717, 1.165) is 11.3 Å². The highest BCUT2D eigenvalue weighted by Crippen LogP contribution is 2.14. The van der Waals surface area contributed by atoms with Crippen molar-refractivity contribution >= 4 is 11.8 Å². The number of primary amides is 1. The van der Waals surface area contributed by atoms with Gasteiger partial charge < -0.3 is 20.5 Å². The number of ether oxygens (including phenoxy) is 2. The predicted octanol–water partition coefficient (Wildman–Crippen LogP) is 1.55. The lowest BCUT2D eigenvalue weighted by Crippen LogP contribution is -2.39. The lowest BCUT2D eigenvalue weighted by molar-refractivity contribution is -0.130. The van der Waals surface area contributed by atoms with Gasteiger partial charge in [0.05, 0.1) is 13.7 Å². The van der Waals surface area contributed by atoms with Crippen LogP contribution in [0.1, 0.15) is 17.2 Å². The Hall–Kier alpha value is -2.86. The van der Waals surface area contributed by atoms with Crippen molar-refractivity contribution in [2.24, 2.45) is 5.73 Å². The molecule has 0 saturated carbocycles. The third-order valence-corrected chi connectivity index (χ3v) is 3.36. The van der Waals surface area contributed by atoms with Crippen molar-refractivity contribution in [3.8, 4) is 5.75 Å². The molecule has 0 radical (unpaired) electrons. The highest BCUT2D eigenvalue weighted by Gasteiger charge is 2.19. The number of amides is 2. The Labute approximate surface area is 140 Å². The molecule has 126 valence electrons. The molecule has 3 N–H and O–H groups in total. The minimum atomic E-state index is -0.876. The SMILES string of the molecule is COc1cccc(COCC(=O)N[C@@H](C(N)=O)c2ccccc2)c1. The first kappa shape index (κ1) is 17.5. The predicted molar refractivity (Wildman–Crippen MR) is 89.2 cm³/mol. The van der Waals surface area contributed by atoms with E-state index in [-0.39, 0.29) is 13.2 Å². The Kier molecular flexibility index (Phi) is 6.33. The average Bonchev–Trinajstić information content (AvgIpc) is 2.60. The summed E-state index contributed by atoms with van der Waals surface area (Å²) < 4.78 is 10.5. The number of nitrogens with two attached hydrogens (primary N) is 1. The molecule has 2 aromatic rings. The summed E-state index contributed by atoms with van der Waals surface area (Å²) in [5.74, 6) is -0.314. The number of benzene rings is 2. The van der Waals surface area contributed by atoms with Gasteiger partial charge in [-0.3, -0.25) is 9.59 Å². The van der Waals surface area contributed by atoms with Crippen molar-refractivity contribution in [1.29, 1.82) is 0 Å². The first-order valence-corrected chi connectivity index (χ1v) is 7.44. The third-order valence-electron chi connectivity index (χ3n) is 3.36. The molecule has 0 saturated heterocycles. The van der Waals surface area contributed by atoms with Crippen molar-refractivity contribution in [3.63, 3.8) is 0 Å². The van der Waals surface area contributed by atoms with E-state index >= 15 is 0 Å². The number of rotatable bonds is 8. The number of methoxy groups -OCH3 is 1. The Bertz CT molecular complexity index is 688. The maximum atomic E-state index is 12.0. The van der Waals surface area contributed by atoms with Crippen LogP contribution in [0.3, 0.4) is 0 Å². The van der Waals surface area contributed by atoms with Gasteiger partial charge in [-0.1, -0.05) is 42.5 Å². The highest BCUT2D eigenvalue weighted by molar-refractivity contribution is 5.88. The van der Waals surface area contributed by atoms with E-state index in [2.05, 4.69) is 5.32 Å². The van der Waals surface area contributed by atoms with Crippen molar-refractivity contribution in [3.05, 3.63) is 65.7 Å². The molecule has 2 aromatic carbocycles.